The van der Waals surface area contributed by atoms with E-state index in [1.165, 1.54) is 0 Å². The molecule has 0 amide bonds. The van der Waals surface area contributed by atoms with Crippen molar-refractivity contribution in [2.45, 2.75) is 12.5 Å². The highest BCUT2D eigenvalue weighted by Gasteiger charge is 2.10. The van der Waals surface area contributed by atoms with Crippen LogP contribution >= 0.6 is 0 Å². The SMILES string of the molecule is NC(Cc1ccccc1)c1cc(-c2ccccc2)cc(=O)[nH]1. The van der Waals surface area contributed by atoms with Gasteiger partial charge in [-0.15, -0.1) is 0 Å². The number of rotatable bonds is 4. The van der Waals surface area contributed by atoms with Gasteiger partial charge < -0.3 is 10.7 Å². The topological polar surface area (TPSA) is 58.9 Å². The Morgan fingerprint density at radius 1 is 0.864 bits per heavy atom. The summed E-state index contributed by atoms with van der Waals surface area (Å²) in [6, 6.07) is 23.2. The number of aromatic amines is 1. The highest BCUT2D eigenvalue weighted by Crippen LogP contribution is 2.21. The molecule has 0 spiro atoms. The van der Waals surface area contributed by atoms with Gasteiger partial charge in [0.15, 0.2) is 0 Å². The largest absolute Gasteiger partial charge is 0.325 e. The van der Waals surface area contributed by atoms with E-state index in [0.717, 1.165) is 22.4 Å². The van der Waals surface area contributed by atoms with Crippen LogP contribution in [-0.2, 0) is 6.42 Å². The molecule has 3 heteroatoms. The van der Waals surface area contributed by atoms with Gasteiger partial charge in [0.25, 0.3) is 0 Å². The van der Waals surface area contributed by atoms with Crippen LogP contribution < -0.4 is 11.3 Å². The van der Waals surface area contributed by atoms with Gasteiger partial charge in [0.2, 0.25) is 5.56 Å². The van der Waals surface area contributed by atoms with Crippen LogP contribution in [0.25, 0.3) is 11.1 Å². The van der Waals surface area contributed by atoms with Crippen molar-refractivity contribution in [1.82, 2.24) is 4.98 Å². The second-order valence-corrected chi connectivity index (χ2v) is 5.35. The minimum atomic E-state index is -0.237. The lowest BCUT2D eigenvalue weighted by Gasteiger charge is -2.13. The van der Waals surface area contributed by atoms with Crippen molar-refractivity contribution in [2.24, 2.45) is 5.73 Å². The van der Waals surface area contributed by atoms with Crippen LogP contribution in [0.4, 0.5) is 0 Å². The first-order chi connectivity index (χ1) is 10.7. The number of hydrogen-bond acceptors (Lipinski definition) is 2. The summed E-state index contributed by atoms with van der Waals surface area (Å²) in [5, 5.41) is 0. The molecule has 3 aromatic rings. The molecule has 0 aliphatic carbocycles. The third-order valence-electron chi connectivity index (χ3n) is 3.67. The quantitative estimate of drug-likeness (QED) is 0.774. The zero-order valence-corrected chi connectivity index (χ0v) is 12.2. The Morgan fingerprint density at radius 3 is 2.18 bits per heavy atom. The fourth-order valence-electron chi connectivity index (χ4n) is 2.54. The average molecular weight is 290 g/mol. The van der Waals surface area contributed by atoms with E-state index in [4.69, 9.17) is 5.73 Å². The van der Waals surface area contributed by atoms with Crippen LogP contribution in [0.5, 0.6) is 0 Å². The monoisotopic (exact) mass is 290 g/mol. The smallest absolute Gasteiger partial charge is 0.248 e. The first-order valence-corrected chi connectivity index (χ1v) is 7.31. The zero-order chi connectivity index (χ0) is 15.4. The Labute approximate surface area is 129 Å². The van der Waals surface area contributed by atoms with Crippen LogP contribution in [0.2, 0.25) is 0 Å². The van der Waals surface area contributed by atoms with E-state index >= 15 is 0 Å². The molecule has 0 saturated heterocycles. The number of benzene rings is 2. The molecule has 0 radical (unpaired) electrons. The minimum absolute atomic E-state index is 0.125. The predicted octanol–water partition coefficient (Wildman–Crippen LogP) is 3.28. The molecule has 1 unspecified atom stereocenters. The number of hydrogen-bond donors (Lipinski definition) is 2. The maximum Gasteiger partial charge on any atom is 0.248 e. The van der Waals surface area contributed by atoms with Crippen LogP contribution in [0.1, 0.15) is 17.3 Å². The highest BCUT2D eigenvalue weighted by atomic mass is 16.1. The van der Waals surface area contributed by atoms with Crippen molar-refractivity contribution >= 4 is 0 Å². The number of nitrogens with two attached hydrogens (primary N) is 1. The second kappa shape index (κ2) is 6.41. The van der Waals surface area contributed by atoms with Gasteiger partial charge in [0.1, 0.15) is 0 Å². The molecule has 1 atom stereocenters. The Balaban J connectivity index is 1.91. The van der Waals surface area contributed by atoms with Crippen LogP contribution in [0, 0.1) is 0 Å². The molecule has 3 rings (SSSR count). The molecule has 0 saturated carbocycles. The van der Waals surface area contributed by atoms with E-state index in [2.05, 4.69) is 4.98 Å². The van der Waals surface area contributed by atoms with Crippen molar-refractivity contribution in [2.75, 3.05) is 0 Å². The van der Waals surface area contributed by atoms with E-state index < -0.39 is 0 Å². The summed E-state index contributed by atoms with van der Waals surface area (Å²) in [6.07, 6.45) is 0.690. The van der Waals surface area contributed by atoms with Crippen molar-refractivity contribution in [3.05, 3.63) is 94.4 Å². The lowest BCUT2D eigenvalue weighted by molar-refractivity contribution is 0.694. The van der Waals surface area contributed by atoms with E-state index in [1.54, 1.807) is 6.07 Å². The number of H-pyrrole nitrogens is 1. The van der Waals surface area contributed by atoms with Crippen LogP contribution in [-0.4, -0.2) is 4.98 Å². The average Bonchev–Trinajstić information content (AvgIpc) is 2.56. The molecule has 0 bridgehead atoms. The summed E-state index contributed by atoms with van der Waals surface area (Å²) in [7, 11) is 0. The van der Waals surface area contributed by atoms with Gasteiger partial charge >= 0.3 is 0 Å². The number of aromatic nitrogens is 1. The molecule has 22 heavy (non-hydrogen) atoms. The Hall–Kier alpha value is -2.65. The van der Waals surface area contributed by atoms with Gasteiger partial charge in [0, 0.05) is 17.8 Å². The number of nitrogens with one attached hydrogen (secondary N) is 1. The lowest BCUT2D eigenvalue weighted by atomic mass is 10.0. The molecule has 1 heterocycles. The molecule has 0 aliphatic heterocycles. The van der Waals surface area contributed by atoms with Gasteiger partial charge in [-0.05, 0) is 29.2 Å². The molecule has 0 fully saturated rings. The van der Waals surface area contributed by atoms with Crippen molar-refractivity contribution < 1.29 is 0 Å². The standard InChI is InChI=1S/C19H18N2O/c20-17(11-14-7-3-1-4-8-14)18-12-16(13-19(22)21-18)15-9-5-2-6-10-15/h1-10,12-13,17H,11,20H2,(H,21,22). The molecule has 3 nitrogen and oxygen atoms in total. The maximum atomic E-state index is 11.9. The fourth-order valence-corrected chi connectivity index (χ4v) is 2.54. The molecular formula is C19H18N2O. The van der Waals surface area contributed by atoms with E-state index in [-0.39, 0.29) is 11.6 Å². The second-order valence-electron chi connectivity index (χ2n) is 5.35. The lowest BCUT2D eigenvalue weighted by Crippen LogP contribution is -2.19. The van der Waals surface area contributed by atoms with Gasteiger partial charge in [-0.25, -0.2) is 0 Å². The Morgan fingerprint density at radius 2 is 1.50 bits per heavy atom. The first kappa shape index (κ1) is 14.3. The van der Waals surface area contributed by atoms with Gasteiger partial charge in [0.05, 0.1) is 0 Å². The first-order valence-electron chi connectivity index (χ1n) is 7.31. The summed E-state index contributed by atoms with van der Waals surface area (Å²) in [5.74, 6) is 0. The molecule has 1 aromatic heterocycles. The summed E-state index contributed by atoms with van der Waals surface area (Å²) < 4.78 is 0. The minimum Gasteiger partial charge on any atom is -0.325 e. The molecular weight excluding hydrogens is 272 g/mol. The van der Waals surface area contributed by atoms with Gasteiger partial charge in [-0.1, -0.05) is 60.7 Å². The predicted molar refractivity (Wildman–Crippen MR) is 89.6 cm³/mol. The van der Waals surface area contributed by atoms with Crippen molar-refractivity contribution in [3.8, 4) is 11.1 Å². The van der Waals surface area contributed by atoms with Crippen molar-refractivity contribution in [3.63, 3.8) is 0 Å². The summed E-state index contributed by atoms with van der Waals surface area (Å²) in [5.41, 5.74) is 9.97. The normalized spacial score (nSPS) is 12.0. The summed E-state index contributed by atoms with van der Waals surface area (Å²) in [4.78, 5) is 14.8. The van der Waals surface area contributed by atoms with E-state index in [0.29, 0.717) is 6.42 Å². The summed E-state index contributed by atoms with van der Waals surface area (Å²) >= 11 is 0. The third kappa shape index (κ3) is 3.32. The highest BCUT2D eigenvalue weighted by molar-refractivity contribution is 5.63. The van der Waals surface area contributed by atoms with Gasteiger partial charge in [-0.3, -0.25) is 4.79 Å². The molecule has 110 valence electrons. The van der Waals surface area contributed by atoms with Crippen molar-refractivity contribution in [1.29, 1.82) is 0 Å². The fraction of sp³-hybridized carbons (Fsp3) is 0.105. The third-order valence-corrected chi connectivity index (χ3v) is 3.67. The zero-order valence-electron chi connectivity index (χ0n) is 12.2. The van der Waals surface area contributed by atoms with Gasteiger partial charge in [-0.2, -0.15) is 0 Å². The molecule has 2 aromatic carbocycles. The maximum absolute atomic E-state index is 11.9. The van der Waals surface area contributed by atoms with E-state index in [1.807, 2.05) is 66.7 Å². The Bertz CT molecular complexity index is 794. The molecule has 3 N–H and O–H groups in total. The summed E-state index contributed by atoms with van der Waals surface area (Å²) in [6.45, 7) is 0. The molecule has 0 aliphatic rings. The number of pyridine rings is 1. The van der Waals surface area contributed by atoms with Crippen LogP contribution in [0.15, 0.2) is 77.6 Å². The Kier molecular flexibility index (Phi) is 4.17. The van der Waals surface area contributed by atoms with Crippen LogP contribution in [0.3, 0.4) is 0 Å². The van der Waals surface area contributed by atoms with E-state index in [9.17, 15) is 4.79 Å².